The lowest BCUT2D eigenvalue weighted by Crippen LogP contribution is -2.09. The van der Waals surface area contributed by atoms with Gasteiger partial charge in [-0.05, 0) is 67.1 Å². The molecule has 2 aromatic rings. The Kier molecular flexibility index (Phi) is 11.3. The number of aryl methyl sites for hydroxylation is 1. The fourth-order valence-corrected chi connectivity index (χ4v) is 4.67. The first-order chi connectivity index (χ1) is 16.2. The molecule has 3 nitrogen and oxygen atoms in total. The van der Waals surface area contributed by atoms with Gasteiger partial charge in [0.1, 0.15) is 11.5 Å². The standard InChI is InChI=1S/C30H42O3/c1-2-3-4-5-6-7-11-24-32-28-22-18-27(19-23-28)30(31)33-29-20-16-26(17-21-29)15-14-25-12-9-8-10-13-25/h16-23,25H,2-15,24H2,1H3. The molecule has 0 saturated heterocycles. The van der Waals surface area contributed by atoms with Crippen molar-refractivity contribution in [3.63, 3.8) is 0 Å². The monoisotopic (exact) mass is 450 g/mol. The molecular weight excluding hydrogens is 408 g/mol. The summed E-state index contributed by atoms with van der Waals surface area (Å²) in [6.45, 7) is 2.97. The van der Waals surface area contributed by atoms with Crippen molar-refractivity contribution < 1.29 is 14.3 Å². The van der Waals surface area contributed by atoms with Gasteiger partial charge in [0.25, 0.3) is 0 Å². The Labute approximate surface area is 200 Å². The molecule has 0 aromatic heterocycles. The quantitative estimate of drug-likeness (QED) is 0.164. The van der Waals surface area contributed by atoms with Crippen LogP contribution in [0.4, 0.5) is 0 Å². The van der Waals surface area contributed by atoms with Crippen molar-refractivity contribution in [2.45, 2.75) is 96.8 Å². The normalized spacial score (nSPS) is 14.2. The molecule has 1 fully saturated rings. The summed E-state index contributed by atoms with van der Waals surface area (Å²) in [4.78, 5) is 12.5. The number of carbonyl (C=O) groups is 1. The van der Waals surface area contributed by atoms with Crippen molar-refractivity contribution in [1.29, 1.82) is 0 Å². The number of rotatable bonds is 14. The van der Waals surface area contributed by atoms with Crippen LogP contribution in [0.2, 0.25) is 0 Å². The Morgan fingerprint density at radius 2 is 1.42 bits per heavy atom. The van der Waals surface area contributed by atoms with Crippen LogP contribution in [0.25, 0.3) is 0 Å². The van der Waals surface area contributed by atoms with Crippen molar-refractivity contribution in [2.24, 2.45) is 5.92 Å². The van der Waals surface area contributed by atoms with E-state index in [-0.39, 0.29) is 5.97 Å². The van der Waals surface area contributed by atoms with Gasteiger partial charge in [-0.2, -0.15) is 0 Å². The zero-order chi connectivity index (χ0) is 23.1. The third-order valence-corrected chi connectivity index (χ3v) is 6.81. The van der Waals surface area contributed by atoms with Crippen LogP contribution >= 0.6 is 0 Å². The van der Waals surface area contributed by atoms with E-state index in [1.807, 2.05) is 24.3 Å². The topological polar surface area (TPSA) is 35.5 Å². The second kappa shape index (κ2) is 14.8. The zero-order valence-corrected chi connectivity index (χ0v) is 20.5. The van der Waals surface area contributed by atoms with Gasteiger partial charge in [0, 0.05) is 0 Å². The summed E-state index contributed by atoms with van der Waals surface area (Å²) in [6.07, 6.45) is 18.2. The van der Waals surface area contributed by atoms with E-state index in [2.05, 4.69) is 19.1 Å². The van der Waals surface area contributed by atoms with E-state index in [0.29, 0.717) is 11.3 Å². The number of benzene rings is 2. The number of esters is 1. The summed E-state index contributed by atoms with van der Waals surface area (Å²) >= 11 is 0. The van der Waals surface area contributed by atoms with Gasteiger partial charge in [0.2, 0.25) is 0 Å². The van der Waals surface area contributed by atoms with Crippen LogP contribution in [-0.4, -0.2) is 12.6 Å². The van der Waals surface area contributed by atoms with Crippen LogP contribution in [0.15, 0.2) is 48.5 Å². The third-order valence-electron chi connectivity index (χ3n) is 6.81. The predicted molar refractivity (Wildman–Crippen MR) is 136 cm³/mol. The van der Waals surface area contributed by atoms with E-state index in [1.54, 1.807) is 12.1 Å². The number of carbonyl (C=O) groups excluding carboxylic acids is 1. The lowest BCUT2D eigenvalue weighted by molar-refractivity contribution is 0.0734. The second-order valence-electron chi connectivity index (χ2n) is 9.57. The first kappa shape index (κ1) is 25.3. The average Bonchev–Trinajstić information content (AvgIpc) is 2.86. The predicted octanol–water partition coefficient (Wildman–Crippen LogP) is 8.55. The van der Waals surface area contributed by atoms with Crippen LogP contribution < -0.4 is 9.47 Å². The first-order valence-corrected chi connectivity index (χ1v) is 13.3. The van der Waals surface area contributed by atoms with E-state index in [1.165, 1.54) is 82.6 Å². The minimum atomic E-state index is -0.330. The largest absolute Gasteiger partial charge is 0.494 e. The maximum Gasteiger partial charge on any atom is 0.343 e. The summed E-state index contributed by atoms with van der Waals surface area (Å²) in [5.74, 6) is 1.96. The molecule has 0 spiro atoms. The molecule has 1 aliphatic rings. The molecule has 1 saturated carbocycles. The zero-order valence-electron chi connectivity index (χ0n) is 20.5. The van der Waals surface area contributed by atoms with Crippen LogP contribution in [0, 0.1) is 5.92 Å². The van der Waals surface area contributed by atoms with Crippen molar-refractivity contribution in [3.05, 3.63) is 59.7 Å². The van der Waals surface area contributed by atoms with E-state index in [4.69, 9.17) is 9.47 Å². The van der Waals surface area contributed by atoms with Gasteiger partial charge in [-0.3, -0.25) is 0 Å². The molecule has 0 heterocycles. The van der Waals surface area contributed by atoms with Gasteiger partial charge < -0.3 is 9.47 Å². The molecule has 0 amide bonds. The molecule has 0 atom stereocenters. The molecule has 0 aliphatic heterocycles. The van der Waals surface area contributed by atoms with Gasteiger partial charge in [-0.1, -0.05) is 89.7 Å². The molecule has 2 aromatic carbocycles. The van der Waals surface area contributed by atoms with Crippen LogP contribution in [0.1, 0.15) is 106 Å². The Hall–Kier alpha value is -2.29. The molecule has 180 valence electrons. The van der Waals surface area contributed by atoms with E-state index >= 15 is 0 Å². The van der Waals surface area contributed by atoms with Gasteiger partial charge >= 0.3 is 5.97 Å². The summed E-state index contributed by atoms with van der Waals surface area (Å²) in [7, 11) is 0. The molecule has 0 radical (unpaired) electrons. The molecule has 0 bridgehead atoms. The highest BCUT2D eigenvalue weighted by atomic mass is 16.5. The van der Waals surface area contributed by atoms with Crippen molar-refractivity contribution in [2.75, 3.05) is 6.61 Å². The van der Waals surface area contributed by atoms with Gasteiger partial charge in [-0.25, -0.2) is 4.79 Å². The fraction of sp³-hybridized carbons (Fsp3) is 0.567. The molecule has 33 heavy (non-hydrogen) atoms. The van der Waals surface area contributed by atoms with Crippen LogP contribution in [0.5, 0.6) is 11.5 Å². The molecular formula is C30H42O3. The smallest absolute Gasteiger partial charge is 0.343 e. The summed E-state index contributed by atoms with van der Waals surface area (Å²) in [5.41, 5.74) is 1.86. The molecule has 0 unspecified atom stereocenters. The van der Waals surface area contributed by atoms with Gasteiger partial charge in [-0.15, -0.1) is 0 Å². The summed E-state index contributed by atoms with van der Waals surface area (Å²) in [6, 6.07) is 15.3. The Morgan fingerprint density at radius 3 is 2.12 bits per heavy atom. The van der Waals surface area contributed by atoms with Crippen molar-refractivity contribution in [1.82, 2.24) is 0 Å². The van der Waals surface area contributed by atoms with E-state index < -0.39 is 0 Å². The lowest BCUT2D eigenvalue weighted by atomic mass is 9.85. The lowest BCUT2D eigenvalue weighted by Gasteiger charge is -2.21. The molecule has 1 aliphatic carbocycles. The maximum absolute atomic E-state index is 12.5. The third kappa shape index (κ3) is 9.61. The number of hydrogen-bond acceptors (Lipinski definition) is 3. The van der Waals surface area contributed by atoms with E-state index in [0.717, 1.165) is 31.1 Å². The van der Waals surface area contributed by atoms with Crippen LogP contribution in [-0.2, 0) is 6.42 Å². The fourth-order valence-electron chi connectivity index (χ4n) is 4.67. The van der Waals surface area contributed by atoms with Crippen LogP contribution in [0.3, 0.4) is 0 Å². The van der Waals surface area contributed by atoms with Gasteiger partial charge in [0.15, 0.2) is 0 Å². The minimum absolute atomic E-state index is 0.330. The molecule has 0 N–H and O–H groups in total. The Balaban J connectivity index is 1.34. The highest BCUT2D eigenvalue weighted by Crippen LogP contribution is 2.28. The highest BCUT2D eigenvalue weighted by molar-refractivity contribution is 5.91. The summed E-state index contributed by atoms with van der Waals surface area (Å²) < 4.78 is 11.4. The highest BCUT2D eigenvalue weighted by Gasteiger charge is 2.13. The molecule has 3 rings (SSSR count). The van der Waals surface area contributed by atoms with Crippen molar-refractivity contribution in [3.8, 4) is 11.5 Å². The maximum atomic E-state index is 12.5. The summed E-state index contributed by atoms with van der Waals surface area (Å²) in [5, 5.41) is 0. The second-order valence-corrected chi connectivity index (χ2v) is 9.57. The molecule has 3 heteroatoms. The Morgan fingerprint density at radius 1 is 0.788 bits per heavy atom. The SMILES string of the molecule is CCCCCCCCCOc1ccc(C(=O)Oc2ccc(CCC3CCCCC3)cc2)cc1. The number of ether oxygens (including phenoxy) is 2. The van der Waals surface area contributed by atoms with E-state index in [9.17, 15) is 4.79 Å². The number of unbranched alkanes of at least 4 members (excludes halogenated alkanes) is 6. The first-order valence-electron chi connectivity index (χ1n) is 13.3. The minimum Gasteiger partial charge on any atom is -0.494 e. The Bertz CT molecular complexity index is 788. The number of hydrogen-bond donors (Lipinski definition) is 0. The average molecular weight is 451 g/mol. The van der Waals surface area contributed by atoms with Gasteiger partial charge in [0.05, 0.1) is 12.2 Å². The van der Waals surface area contributed by atoms with Crippen molar-refractivity contribution >= 4 is 5.97 Å².